The lowest BCUT2D eigenvalue weighted by Gasteiger charge is -2.28. The molecule has 8 heteroatoms. The highest BCUT2D eigenvalue weighted by Crippen LogP contribution is 2.37. The van der Waals surface area contributed by atoms with Gasteiger partial charge >= 0.3 is 0 Å². The maximum absolute atomic E-state index is 12.4. The number of carbonyl (C=O) groups excluding carboxylic acids is 1. The van der Waals surface area contributed by atoms with Crippen LogP contribution in [0.1, 0.15) is 17.0 Å². The number of hydrogen-bond acceptors (Lipinski definition) is 6. The number of nitrogens with zero attached hydrogens (tertiary/aromatic N) is 4. The first-order valence-electron chi connectivity index (χ1n) is 7.45. The number of H-pyrrole nitrogens is 1. The van der Waals surface area contributed by atoms with Crippen molar-refractivity contribution in [2.24, 2.45) is 0 Å². The van der Waals surface area contributed by atoms with Crippen LogP contribution in [0.4, 0.5) is 11.6 Å². The highest BCUT2D eigenvalue weighted by Gasteiger charge is 2.31. The standard InChI is InChI=1S/C15H16N6O2/c1-9-11(17-7-16-9)6-10-12-13(20-15(10)22)18-8-19-14(12)21-2-4-23-5-3-21/h6-8H,2-5H2,1H3,(H,16,17)(H,18,19,20,22). The summed E-state index contributed by atoms with van der Waals surface area (Å²) in [6.45, 7) is 4.70. The summed E-state index contributed by atoms with van der Waals surface area (Å²) in [4.78, 5) is 30.4. The van der Waals surface area contributed by atoms with E-state index in [1.54, 1.807) is 12.4 Å². The number of amides is 1. The highest BCUT2D eigenvalue weighted by atomic mass is 16.5. The molecule has 23 heavy (non-hydrogen) atoms. The lowest BCUT2D eigenvalue weighted by molar-refractivity contribution is -0.110. The third-order valence-electron chi connectivity index (χ3n) is 4.03. The van der Waals surface area contributed by atoms with E-state index >= 15 is 0 Å². The summed E-state index contributed by atoms with van der Waals surface area (Å²) in [6, 6.07) is 0. The molecule has 0 aliphatic carbocycles. The predicted octanol–water partition coefficient (Wildman–Crippen LogP) is 0.837. The lowest BCUT2D eigenvalue weighted by atomic mass is 10.1. The summed E-state index contributed by atoms with van der Waals surface area (Å²) in [6.07, 6.45) is 4.87. The van der Waals surface area contributed by atoms with Crippen molar-refractivity contribution in [3.63, 3.8) is 0 Å². The first-order valence-corrected chi connectivity index (χ1v) is 7.45. The predicted molar refractivity (Wildman–Crippen MR) is 84.9 cm³/mol. The summed E-state index contributed by atoms with van der Waals surface area (Å²) in [5, 5.41) is 2.80. The van der Waals surface area contributed by atoms with Crippen molar-refractivity contribution in [3.05, 3.63) is 29.6 Å². The first-order chi connectivity index (χ1) is 11.2. The van der Waals surface area contributed by atoms with Crippen LogP contribution in [-0.4, -0.2) is 52.1 Å². The Labute approximate surface area is 132 Å². The van der Waals surface area contributed by atoms with Gasteiger partial charge in [-0.3, -0.25) is 4.79 Å². The zero-order chi connectivity index (χ0) is 15.8. The van der Waals surface area contributed by atoms with Gasteiger partial charge in [0.1, 0.15) is 18.0 Å². The summed E-state index contributed by atoms with van der Waals surface area (Å²) >= 11 is 0. The van der Waals surface area contributed by atoms with E-state index in [0.717, 1.165) is 35.9 Å². The smallest absolute Gasteiger partial charge is 0.257 e. The van der Waals surface area contributed by atoms with E-state index in [9.17, 15) is 4.79 Å². The molecular formula is C15H16N6O2. The molecule has 2 aliphatic heterocycles. The maximum Gasteiger partial charge on any atom is 0.257 e. The molecule has 2 aliphatic rings. The highest BCUT2D eigenvalue weighted by molar-refractivity contribution is 6.35. The van der Waals surface area contributed by atoms with Crippen molar-refractivity contribution in [2.75, 3.05) is 36.5 Å². The number of fused-ring (bicyclic) bond motifs is 1. The minimum Gasteiger partial charge on any atom is -0.378 e. The van der Waals surface area contributed by atoms with Gasteiger partial charge in [0.25, 0.3) is 5.91 Å². The molecule has 0 spiro atoms. The number of hydrogen-bond donors (Lipinski definition) is 2. The fraction of sp³-hybridized carbons (Fsp3) is 0.333. The molecule has 0 unspecified atom stereocenters. The second kappa shape index (κ2) is 5.47. The number of ether oxygens (including phenoxy) is 1. The van der Waals surface area contributed by atoms with Crippen LogP contribution in [-0.2, 0) is 9.53 Å². The zero-order valence-electron chi connectivity index (χ0n) is 12.7. The van der Waals surface area contributed by atoms with Gasteiger partial charge in [-0.15, -0.1) is 0 Å². The van der Waals surface area contributed by atoms with E-state index in [2.05, 4.69) is 30.2 Å². The Morgan fingerprint density at radius 2 is 2.09 bits per heavy atom. The second-order valence-corrected chi connectivity index (χ2v) is 5.45. The van der Waals surface area contributed by atoms with Gasteiger partial charge in [0.2, 0.25) is 0 Å². The van der Waals surface area contributed by atoms with Gasteiger partial charge in [-0.1, -0.05) is 0 Å². The average molecular weight is 312 g/mol. The van der Waals surface area contributed by atoms with Crippen LogP contribution in [0.3, 0.4) is 0 Å². The minimum atomic E-state index is -0.183. The molecule has 118 valence electrons. The van der Waals surface area contributed by atoms with Gasteiger partial charge in [0.15, 0.2) is 0 Å². The number of nitrogens with one attached hydrogen (secondary N) is 2. The first kappa shape index (κ1) is 13.9. The molecule has 0 saturated carbocycles. The Kier molecular flexibility index (Phi) is 3.30. The summed E-state index contributed by atoms with van der Waals surface area (Å²) < 4.78 is 5.39. The van der Waals surface area contributed by atoms with E-state index in [-0.39, 0.29) is 5.91 Å². The molecular weight excluding hydrogens is 296 g/mol. The molecule has 0 bridgehead atoms. The Bertz CT molecular complexity index is 791. The van der Waals surface area contributed by atoms with Crippen molar-refractivity contribution >= 4 is 29.2 Å². The lowest BCUT2D eigenvalue weighted by Crippen LogP contribution is -2.37. The van der Waals surface area contributed by atoms with Crippen molar-refractivity contribution in [1.29, 1.82) is 0 Å². The number of morpholine rings is 1. The van der Waals surface area contributed by atoms with Gasteiger partial charge in [-0.05, 0) is 13.0 Å². The second-order valence-electron chi connectivity index (χ2n) is 5.45. The fourth-order valence-electron chi connectivity index (χ4n) is 2.81. The Morgan fingerprint density at radius 1 is 1.26 bits per heavy atom. The van der Waals surface area contributed by atoms with Crippen LogP contribution in [0.5, 0.6) is 0 Å². The topological polar surface area (TPSA) is 96.0 Å². The number of aromatic nitrogens is 4. The average Bonchev–Trinajstić information content (AvgIpc) is 3.12. The third kappa shape index (κ3) is 2.36. The van der Waals surface area contributed by atoms with E-state index < -0.39 is 0 Å². The van der Waals surface area contributed by atoms with Crippen LogP contribution in [0.25, 0.3) is 11.6 Å². The van der Waals surface area contributed by atoms with Gasteiger partial charge in [0.05, 0.1) is 36.4 Å². The number of aromatic amines is 1. The Morgan fingerprint density at radius 3 is 2.83 bits per heavy atom. The molecule has 0 radical (unpaired) electrons. The van der Waals surface area contributed by atoms with E-state index in [1.807, 2.05) is 6.92 Å². The Hall–Kier alpha value is -2.74. The molecule has 8 nitrogen and oxygen atoms in total. The molecule has 2 N–H and O–H groups in total. The number of imidazole rings is 1. The van der Waals surface area contributed by atoms with Gasteiger partial charge in [-0.25, -0.2) is 15.0 Å². The van der Waals surface area contributed by atoms with Gasteiger partial charge < -0.3 is 19.9 Å². The van der Waals surface area contributed by atoms with Crippen molar-refractivity contribution in [1.82, 2.24) is 19.9 Å². The van der Waals surface area contributed by atoms with E-state index in [0.29, 0.717) is 24.6 Å². The quantitative estimate of drug-likeness (QED) is 0.798. The van der Waals surface area contributed by atoms with Crippen LogP contribution in [0, 0.1) is 6.92 Å². The van der Waals surface area contributed by atoms with E-state index in [1.165, 1.54) is 6.33 Å². The van der Waals surface area contributed by atoms with Crippen LogP contribution in [0.15, 0.2) is 12.7 Å². The summed E-state index contributed by atoms with van der Waals surface area (Å²) in [7, 11) is 0. The third-order valence-corrected chi connectivity index (χ3v) is 4.03. The molecule has 1 saturated heterocycles. The molecule has 2 aromatic heterocycles. The zero-order valence-corrected chi connectivity index (χ0v) is 12.7. The van der Waals surface area contributed by atoms with Crippen molar-refractivity contribution in [3.8, 4) is 0 Å². The largest absolute Gasteiger partial charge is 0.378 e. The van der Waals surface area contributed by atoms with Crippen molar-refractivity contribution < 1.29 is 9.53 Å². The monoisotopic (exact) mass is 312 g/mol. The number of aryl methyl sites for hydroxylation is 1. The molecule has 4 rings (SSSR count). The maximum atomic E-state index is 12.4. The van der Waals surface area contributed by atoms with Crippen LogP contribution < -0.4 is 10.2 Å². The molecule has 4 heterocycles. The fourth-order valence-corrected chi connectivity index (χ4v) is 2.81. The van der Waals surface area contributed by atoms with Gasteiger partial charge in [0, 0.05) is 18.8 Å². The molecule has 1 fully saturated rings. The molecule has 1 amide bonds. The summed E-state index contributed by atoms with van der Waals surface area (Å²) in [5.41, 5.74) is 2.92. The number of carbonyl (C=O) groups is 1. The van der Waals surface area contributed by atoms with Crippen LogP contribution >= 0.6 is 0 Å². The van der Waals surface area contributed by atoms with Crippen LogP contribution in [0.2, 0.25) is 0 Å². The summed E-state index contributed by atoms with van der Waals surface area (Å²) in [5.74, 6) is 1.12. The van der Waals surface area contributed by atoms with Crippen molar-refractivity contribution in [2.45, 2.75) is 6.92 Å². The normalized spacial score (nSPS) is 19.1. The minimum absolute atomic E-state index is 0.183. The number of anilines is 2. The Balaban J connectivity index is 1.82. The number of rotatable bonds is 2. The molecule has 0 aromatic carbocycles. The van der Waals surface area contributed by atoms with Gasteiger partial charge in [-0.2, -0.15) is 0 Å². The SMILES string of the molecule is Cc1[nH]cnc1C=C1C(=O)Nc2ncnc(N3CCOCC3)c21. The molecule has 0 atom stereocenters. The van der Waals surface area contributed by atoms with E-state index in [4.69, 9.17) is 4.74 Å². The molecule has 2 aromatic rings.